The van der Waals surface area contributed by atoms with Crippen molar-refractivity contribution >= 4 is 5.91 Å². The van der Waals surface area contributed by atoms with Crippen molar-refractivity contribution in [3.05, 3.63) is 12.2 Å². The average Bonchev–Trinajstić information content (AvgIpc) is 3.16. The quantitative estimate of drug-likeness (QED) is 0.818. The molecule has 1 spiro atoms. The highest BCUT2D eigenvalue weighted by Crippen LogP contribution is 2.43. The Labute approximate surface area is 150 Å². The topological polar surface area (TPSA) is 66.3 Å². The largest absolute Gasteiger partial charge is 0.354 e. The van der Waals surface area contributed by atoms with Crippen LogP contribution in [-0.4, -0.2) is 76.3 Å². The number of aromatic nitrogens is 3. The SMILES string of the molecule is CCCN1CC2(CCN(C)CC2)CC1C(=O)NCCc1nncn1C. The molecule has 0 aliphatic carbocycles. The fraction of sp³-hybridized carbons (Fsp3) is 0.833. The van der Waals surface area contributed by atoms with Crippen molar-refractivity contribution in [1.82, 2.24) is 29.9 Å². The van der Waals surface area contributed by atoms with Crippen molar-refractivity contribution in [3.8, 4) is 0 Å². The molecule has 1 aromatic rings. The summed E-state index contributed by atoms with van der Waals surface area (Å²) >= 11 is 0. The molecule has 2 aliphatic rings. The number of carbonyl (C=O) groups is 1. The molecule has 0 radical (unpaired) electrons. The lowest BCUT2D eigenvalue weighted by Gasteiger charge is -2.37. The molecule has 1 N–H and O–H groups in total. The van der Waals surface area contributed by atoms with Crippen LogP contribution < -0.4 is 5.32 Å². The van der Waals surface area contributed by atoms with E-state index in [1.807, 2.05) is 11.6 Å². The molecule has 25 heavy (non-hydrogen) atoms. The summed E-state index contributed by atoms with van der Waals surface area (Å²) in [6, 6.07) is 0.0304. The molecular weight excluding hydrogens is 316 g/mol. The van der Waals surface area contributed by atoms with Crippen molar-refractivity contribution < 1.29 is 4.79 Å². The lowest BCUT2D eigenvalue weighted by Crippen LogP contribution is -2.44. The van der Waals surface area contributed by atoms with Crippen LogP contribution in [0.1, 0.15) is 38.4 Å². The van der Waals surface area contributed by atoms with Crippen LogP contribution in [0.3, 0.4) is 0 Å². The van der Waals surface area contributed by atoms with Crippen LogP contribution in [0.4, 0.5) is 0 Å². The number of likely N-dealkylation sites (tertiary alicyclic amines) is 2. The zero-order valence-electron chi connectivity index (χ0n) is 15.9. The molecule has 7 heteroatoms. The number of amides is 1. The molecule has 2 saturated heterocycles. The van der Waals surface area contributed by atoms with Crippen molar-refractivity contribution in [1.29, 1.82) is 0 Å². The van der Waals surface area contributed by atoms with E-state index in [1.54, 1.807) is 6.33 Å². The highest BCUT2D eigenvalue weighted by Gasteiger charge is 2.47. The van der Waals surface area contributed by atoms with Gasteiger partial charge in [0, 0.05) is 26.6 Å². The Bertz CT molecular complexity index is 578. The average molecular weight is 348 g/mol. The van der Waals surface area contributed by atoms with E-state index < -0.39 is 0 Å². The van der Waals surface area contributed by atoms with Gasteiger partial charge in [0.2, 0.25) is 5.91 Å². The molecule has 0 aromatic carbocycles. The zero-order chi connectivity index (χ0) is 17.9. The van der Waals surface area contributed by atoms with Crippen LogP contribution in [0.25, 0.3) is 0 Å². The summed E-state index contributed by atoms with van der Waals surface area (Å²) in [7, 11) is 4.13. The Hall–Kier alpha value is -1.47. The second-order valence-electron chi connectivity index (χ2n) is 7.89. The fourth-order valence-corrected chi connectivity index (χ4v) is 4.33. The van der Waals surface area contributed by atoms with Gasteiger partial charge in [-0.05, 0) is 57.8 Å². The summed E-state index contributed by atoms with van der Waals surface area (Å²) in [5.41, 5.74) is 0.341. The maximum Gasteiger partial charge on any atom is 0.237 e. The monoisotopic (exact) mass is 348 g/mol. The molecule has 7 nitrogen and oxygen atoms in total. The predicted octanol–water partition coefficient (Wildman–Crippen LogP) is 0.670. The van der Waals surface area contributed by atoms with E-state index in [1.165, 1.54) is 12.8 Å². The molecule has 1 atom stereocenters. The second kappa shape index (κ2) is 7.83. The minimum absolute atomic E-state index is 0.0304. The van der Waals surface area contributed by atoms with E-state index in [0.29, 0.717) is 12.0 Å². The molecule has 3 heterocycles. The third kappa shape index (κ3) is 4.20. The van der Waals surface area contributed by atoms with Gasteiger partial charge in [-0.25, -0.2) is 0 Å². The van der Waals surface area contributed by atoms with E-state index in [0.717, 1.165) is 51.3 Å². The molecule has 140 valence electrons. The fourth-order valence-electron chi connectivity index (χ4n) is 4.33. The summed E-state index contributed by atoms with van der Waals surface area (Å²) < 4.78 is 1.90. The molecule has 2 fully saturated rings. The third-order valence-electron chi connectivity index (χ3n) is 5.92. The first-order valence-corrected chi connectivity index (χ1v) is 9.56. The molecule has 1 aromatic heterocycles. The van der Waals surface area contributed by atoms with Gasteiger partial charge in [-0.1, -0.05) is 6.92 Å². The smallest absolute Gasteiger partial charge is 0.237 e. The van der Waals surface area contributed by atoms with Crippen LogP contribution in [0.15, 0.2) is 6.33 Å². The number of nitrogens with zero attached hydrogens (tertiary/aromatic N) is 5. The van der Waals surface area contributed by atoms with Gasteiger partial charge in [-0.2, -0.15) is 0 Å². The van der Waals surface area contributed by atoms with Crippen molar-refractivity contribution in [2.75, 3.05) is 39.8 Å². The number of rotatable bonds is 6. The lowest BCUT2D eigenvalue weighted by molar-refractivity contribution is -0.125. The Kier molecular flexibility index (Phi) is 5.74. The van der Waals surface area contributed by atoms with Gasteiger partial charge in [0.1, 0.15) is 12.2 Å². The first kappa shape index (κ1) is 18.3. The number of hydrogen-bond acceptors (Lipinski definition) is 5. The predicted molar refractivity (Wildman–Crippen MR) is 97.1 cm³/mol. The zero-order valence-corrected chi connectivity index (χ0v) is 15.9. The summed E-state index contributed by atoms with van der Waals surface area (Å²) in [5.74, 6) is 1.09. The third-order valence-corrected chi connectivity index (χ3v) is 5.92. The highest BCUT2D eigenvalue weighted by molar-refractivity contribution is 5.82. The maximum atomic E-state index is 12.8. The first-order valence-electron chi connectivity index (χ1n) is 9.56. The number of hydrogen-bond donors (Lipinski definition) is 1. The Morgan fingerprint density at radius 3 is 2.76 bits per heavy atom. The van der Waals surface area contributed by atoms with E-state index in [9.17, 15) is 4.79 Å². The van der Waals surface area contributed by atoms with Gasteiger partial charge in [0.15, 0.2) is 0 Å². The molecule has 1 unspecified atom stereocenters. The maximum absolute atomic E-state index is 12.8. The molecule has 1 amide bonds. The van der Waals surface area contributed by atoms with E-state index >= 15 is 0 Å². The van der Waals surface area contributed by atoms with Crippen molar-refractivity contribution in [2.24, 2.45) is 12.5 Å². The standard InChI is InChI=1S/C18H32N6O/c1-4-9-24-13-18(6-10-22(2)11-7-18)12-15(24)17(25)19-8-5-16-21-20-14-23(16)3/h14-15H,4-13H2,1-3H3,(H,19,25). The molecule has 0 saturated carbocycles. The summed E-state index contributed by atoms with van der Waals surface area (Å²) in [6.07, 6.45) is 6.95. The van der Waals surface area contributed by atoms with Crippen molar-refractivity contribution in [3.63, 3.8) is 0 Å². The minimum Gasteiger partial charge on any atom is -0.354 e. The molecule has 3 rings (SSSR count). The van der Waals surface area contributed by atoms with Gasteiger partial charge in [0.05, 0.1) is 6.04 Å². The number of piperidine rings is 1. The molecule has 0 bridgehead atoms. The second-order valence-corrected chi connectivity index (χ2v) is 7.89. The van der Waals surface area contributed by atoms with E-state index in [-0.39, 0.29) is 11.9 Å². The Balaban J connectivity index is 1.56. The Morgan fingerprint density at radius 2 is 2.12 bits per heavy atom. The first-order chi connectivity index (χ1) is 12.0. The number of aryl methyl sites for hydroxylation is 1. The van der Waals surface area contributed by atoms with Crippen molar-refractivity contribution in [2.45, 2.75) is 45.1 Å². The van der Waals surface area contributed by atoms with Crippen LogP contribution in [0.5, 0.6) is 0 Å². The van der Waals surface area contributed by atoms with Crippen LogP contribution in [-0.2, 0) is 18.3 Å². The summed E-state index contributed by atoms with van der Waals surface area (Å²) in [6.45, 7) is 7.22. The minimum atomic E-state index is 0.0304. The number of nitrogens with one attached hydrogen (secondary N) is 1. The van der Waals surface area contributed by atoms with Gasteiger partial charge in [-0.15, -0.1) is 10.2 Å². The van der Waals surface area contributed by atoms with Gasteiger partial charge in [0.25, 0.3) is 0 Å². The van der Waals surface area contributed by atoms with E-state index in [2.05, 4.69) is 39.3 Å². The normalized spacial score (nSPS) is 24.0. The molecule has 2 aliphatic heterocycles. The molecular formula is C18H32N6O. The van der Waals surface area contributed by atoms with Crippen LogP contribution in [0, 0.1) is 5.41 Å². The van der Waals surface area contributed by atoms with E-state index in [4.69, 9.17) is 0 Å². The Morgan fingerprint density at radius 1 is 1.36 bits per heavy atom. The van der Waals surface area contributed by atoms with Gasteiger partial charge in [-0.3, -0.25) is 9.69 Å². The van der Waals surface area contributed by atoms with Gasteiger partial charge >= 0.3 is 0 Å². The van der Waals surface area contributed by atoms with Crippen LogP contribution in [0.2, 0.25) is 0 Å². The summed E-state index contributed by atoms with van der Waals surface area (Å²) in [4.78, 5) is 17.7. The summed E-state index contributed by atoms with van der Waals surface area (Å²) in [5, 5.41) is 11.1. The highest BCUT2D eigenvalue weighted by atomic mass is 16.2. The number of carbonyl (C=O) groups excluding carboxylic acids is 1. The lowest BCUT2D eigenvalue weighted by atomic mass is 9.76. The van der Waals surface area contributed by atoms with Gasteiger partial charge < -0.3 is 14.8 Å². The van der Waals surface area contributed by atoms with Crippen LogP contribution >= 0.6 is 0 Å².